The van der Waals surface area contributed by atoms with Crippen LogP contribution in [0.15, 0.2) is 53.5 Å². The van der Waals surface area contributed by atoms with Crippen LogP contribution in [-0.2, 0) is 6.54 Å². The lowest BCUT2D eigenvalue weighted by molar-refractivity contribution is 0.0827. The summed E-state index contributed by atoms with van der Waals surface area (Å²) in [6, 6.07) is 15.5. The Kier molecular flexibility index (Phi) is 10.4. The molecule has 0 radical (unpaired) electrons. The zero-order chi connectivity index (χ0) is 19.6. The fourth-order valence-electron chi connectivity index (χ4n) is 2.47. The van der Waals surface area contributed by atoms with Crippen molar-refractivity contribution in [2.75, 3.05) is 34.3 Å². The van der Waals surface area contributed by atoms with E-state index in [1.165, 1.54) is 5.56 Å². The topological polar surface area (TPSA) is 66.0 Å². The lowest BCUT2D eigenvalue weighted by Gasteiger charge is -2.13. The van der Waals surface area contributed by atoms with Gasteiger partial charge in [-0.3, -0.25) is 9.79 Å². The Bertz CT molecular complexity index is 776. The van der Waals surface area contributed by atoms with Crippen molar-refractivity contribution in [1.82, 2.24) is 15.5 Å². The highest BCUT2D eigenvalue weighted by Crippen LogP contribution is 2.11. The first kappa shape index (κ1) is 23.7. The maximum Gasteiger partial charge on any atom is 0.253 e. The molecule has 1 amide bonds. The molecule has 0 bridgehead atoms. The molecule has 2 rings (SSSR count). The molecule has 152 valence electrons. The fraction of sp³-hybridized carbons (Fsp3) is 0.333. The van der Waals surface area contributed by atoms with Gasteiger partial charge in [-0.2, -0.15) is 0 Å². The molecule has 0 aliphatic heterocycles. The summed E-state index contributed by atoms with van der Waals surface area (Å²) < 4.78 is 5.72. The Morgan fingerprint density at radius 1 is 1.11 bits per heavy atom. The Balaban J connectivity index is 0.00000392. The van der Waals surface area contributed by atoms with Crippen molar-refractivity contribution in [3.05, 3.63) is 65.2 Å². The lowest BCUT2D eigenvalue weighted by Crippen LogP contribution is -2.38. The number of amides is 1. The molecule has 0 aliphatic carbocycles. The largest absolute Gasteiger partial charge is 0.492 e. The number of nitrogens with zero attached hydrogens (tertiary/aromatic N) is 2. The van der Waals surface area contributed by atoms with Crippen molar-refractivity contribution in [1.29, 1.82) is 0 Å². The monoisotopic (exact) mass is 496 g/mol. The summed E-state index contributed by atoms with van der Waals surface area (Å²) >= 11 is 0. The summed E-state index contributed by atoms with van der Waals surface area (Å²) in [7, 11) is 5.22. The summed E-state index contributed by atoms with van der Waals surface area (Å²) in [6.45, 7) is 3.85. The number of aryl methyl sites for hydroxylation is 1. The van der Waals surface area contributed by atoms with E-state index >= 15 is 0 Å². The molecular weight excluding hydrogens is 467 g/mol. The van der Waals surface area contributed by atoms with E-state index < -0.39 is 0 Å². The van der Waals surface area contributed by atoms with Gasteiger partial charge in [0.25, 0.3) is 5.91 Å². The Morgan fingerprint density at radius 3 is 2.43 bits per heavy atom. The molecule has 0 spiro atoms. The minimum absolute atomic E-state index is 0. The van der Waals surface area contributed by atoms with Crippen LogP contribution < -0.4 is 15.4 Å². The molecule has 0 fully saturated rings. The van der Waals surface area contributed by atoms with Crippen LogP contribution in [0, 0.1) is 6.92 Å². The molecule has 0 atom stereocenters. The third kappa shape index (κ3) is 7.75. The zero-order valence-electron chi connectivity index (χ0n) is 16.9. The number of carbonyl (C=O) groups excluding carboxylic acids is 1. The molecule has 0 saturated carbocycles. The van der Waals surface area contributed by atoms with Crippen LogP contribution in [0.5, 0.6) is 5.75 Å². The number of aliphatic imine (C=N–C) groups is 1. The van der Waals surface area contributed by atoms with Gasteiger partial charge in [0.2, 0.25) is 0 Å². The van der Waals surface area contributed by atoms with E-state index in [0.717, 1.165) is 11.3 Å². The number of nitrogens with one attached hydrogen (secondary N) is 2. The normalized spacial score (nSPS) is 10.6. The molecule has 6 nitrogen and oxygen atoms in total. The van der Waals surface area contributed by atoms with Crippen molar-refractivity contribution in [2.45, 2.75) is 13.5 Å². The van der Waals surface area contributed by atoms with Crippen molar-refractivity contribution < 1.29 is 9.53 Å². The summed E-state index contributed by atoms with van der Waals surface area (Å²) in [5, 5.41) is 6.48. The Hall–Kier alpha value is -2.29. The second-order valence-corrected chi connectivity index (χ2v) is 6.41. The van der Waals surface area contributed by atoms with Crippen LogP contribution in [0.2, 0.25) is 0 Å². The van der Waals surface area contributed by atoms with E-state index in [-0.39, 0.29) is 29.9 Å². The molecular formula is C21H29IN4O2. The van der Waals surface area contributed by atoms with Gasteiger partial charge in [-0.1, -0.05) is 24.3 Å². The lowest BCUT2D eigenvalue weighted by atomic mass is 10.1. The number of benzene rings is 2. The predicted molar refractivity (Wildman–Crippen MR) is 125 cm³/mol. The first-order valence-corrected chi connectivity index (χ1v) is 8.94. The molecule has 0 heterocycles. The maximum absolute atomic E-state index is 11.9. The number of carbonyl (C=O) groups is 1. The Labute approximate surface area is 184 Å². The second kappa shape index (κ2) is 12.2. The van der Waals surface area contributed by atoms with Gasteiger partial charge < -0.3 is 20.3 Å². The highest BCUT2D eigenvalue weighted by Gasteiger charge is 2.07. The van der Waals surface area contributed by atoms with Crippen LogP contribution in [0.1, 0.15) is 21.5 Å². The fourth-order valence-corrected chi connectivity index (χ4v) is 2.47. The quantitative estimate of drug-likeness (QED) is 0.268. The van der Waals surface area contributed by atoms with Crippen LogP contribution in [0.4, 0.5) is 0 Å². The van der Waals surface area contributed by atoms with Gasteiger partial charge in [-0.05, 0) is 42.3 Å². The van der Waals surface area contributed by atoms with E-state index in [2.05, 4.69) is 15.6 Å². The van der Waals surface area contributed by atoms with Crippen molar-refractivity contribution in [3.8, 4) is 5.75 Å². The van der Waals surface area contributed by atoms with Gasteiger partial charge in [-0.15, -0.1) is 24.0 Å². The van der Waals surface area contributed by atoms with Crippen LogP contribution in [0.25, 0.3) is 0 Å². The van der Waals surface area contributed by atoms with E-state index in [4.69, 9.17) is 4.74 Å². The zero-order valence-corrected chi connectivity index (χ0v) is 19.2. The molecule has 7 heteroatoms. The van der Waals surface area contributed by atoms with Gasteiger partial charge in [0, 0.05) is 33.3 Å². The van der Waals surface area contributed by atoms with Crippen LogP contribution in [0.3, 0.4) is 0 Å². The third-order valence-electron chi connectivity index (χ3n) is 3.94. The molecule has 0 aliphatic rings. The standard InChI is InChI=1S/C21H28N4O2.HI/c1-16-6-5-7-19(14-16)27-13-12-23-21(22-2)24-15-17-8-10-18(11-9-17)20(26)25(3)4;/h5-11,14H,12-13,15H2,1-4H3,(H2,22,23,24);1H. The van der Waals surface area contributed by atoms with Crippen molar-refractivity contribution in [3.63, 3.8) is 0 Å². The molecule has 2 aromatic carbocycles. The van der Waals surface area contributed by atoms with Crippen LogP contribution >= 0.6 is 24.0 Å². The second-order valence-electron chi connectivity index (χ2n) is 6.41. The average molecular weight is 496 g/mol. The van der Waals surface area contributed by atoms with E-state index in [1.807, 2.05) is 55.5 Å². The summed E-state index contributed by atoms with van der Waals surface area (Å²) in [6.07, 6.45) is 0. The maximum atomic E-state index is 11.9. The van der Waals surface area contributed by atoms with Gasteiger partial charge in [0.05, 0.1) is 6.54 Å². The van der Waals surface area contributed by atoms with Crippen LogP contribution in [-0.4, -0.2) is 51.1 Å². The number of halogens is 1. The van der Waals surface area contributed by atoms with E-state index in [9.17, 15) is 4.79 Å². The van der Waals surface area contributed by atoms with Crippen molar-refractivity contribution >= 4 is 35.8 Å². The number of ether oxygens (including phenoxy) is 1. The number of hydrogen-bond donors (Lipinski definition) is 2. The molecule has 2 N–H and O–H groups in total. The molecule has 0 unspecified atom stereocenters. The van der Waals surface area contributed by atoms with Gasteiger partial charge in [-0.25, -0.2) is 0 Å². The SMILES string of the molecule is CN=C(NCCOc1cccc(C)c1)NCc1ccc(C(=O)N(C)C)cc1.I. The summed E-state index contributed by atoms with van der Waals surface area (Å²) in [5.41, 5.74) is 2.93. The minimum atomic E-state index is 0. The summed E-state index contributed by atoms with van der Waals surface area (Å²) in [5.74, 6) is 1.57. The summed E-state index contributed by atoms with van der Waals surface area (Å²) in [4.78, 5) is 17.7. The third-order valence-corrected chi connectivity index (χ3v) is 3.94. The first-order chi connectivity index (χ1) is 13.0. The van der Waals surface area contributed by atoms with Gasteiger partial charge >= 0.3 is 0 Å². The Morgan fingerprint density at radius 2 is 1.82 bits per heavy atom. The minimum Gasteiger partial charge on any atom is -0.492 e. The van der Waals surface area contributed by atoms with Crippen molar-refractivity contribution in [2.24, 2.45) is 4.99 Å². The molecule has 2 aromatic rings. The highest BCUT2D eigenvalue weighted by molar-refractivity contribution is 14.0. The molecule has 28 heavy (non-hydrogen) atoms. The molecule has 0 saturated heterocycles. The van der Waals surface area contributed by atoms with Gasteiger partial charge in [0.15, 0.2) is 5.96 Å². The van der Waals surface area contributed by atoms with E-state index in [1.54, 1.807) is 26.0 Å². The van der Waals surface area contributed by atoms with E-state index in [0.29, 0.717) is 31.2 Å². The average Bonchev–Trinajstić information content (AvgIpc) is 2.67. The smallest absolute Gasteiger partial charge is 0.253 e. The highest BCUT2D eigenvalue weighted by atomic mass is 127. The number of hydrogen-bond acceptors (Lipinski definition) is 3. The molecule has 0 aromatic heterocycles. The number of guanidine groups is 1. The van der Waals surface area contributed by atoms with Gasteiger partial charge in [0.1, 0.15) is 12.4 Å². The first-order valence-electron chi connectivity index (χ1n) is 8.94. The predicted octanol–water partition coefficient (Wildman–Crippen LogP) is 3.06. The number of rotatable bonds is 7.